The van der Waals surface area contributed by atoms with Crippen molar-refractivity contribution in [2.24, 2.45) is 11.8 Å². The van der Waals surface area contributed by atoms with E-state index in [1.165, 1.54) is 38.8 Å². The smallest absolute Gasteiger partial charge is 0.0204 e. The van der Waals surface area contributed by atoms with Crippen LogP contribution in [0.5, 0.6) is 0 Å². The Hall–Kier alpha value is -0.0800. The van der Waals surface area contributed by atoms with Gasteiger partial charge in [0.15, 0.2) is 0 Å². The Balaban J connectivity index is 1.90. The lowest BCUT2D eigenvalue weighted by atomic mass is 9.93. The molecule has 2 fully saturated rings. The summed E-state index contributed by atoms with van der Waals surface area (Å²) in [4.78, 5) is 2.74. The summed E-state index contributed by atoms with van der Waals surface area (Å²) in [5, 5.41) is 3.42. The molecule has 1 saturated carbocycles. The molecular formula is C13H26N2. The molecule has 2 nitrogen and oxygen atoms in total. The van der Waals surface area contributed by atoms with Gasteiger partial charge in [-0.05, 0) is 38.1 Å². The van der Waals surface area contributed by atoms with E-state index < -0.39 is 0 Å². The SMILES string of the molecule is CCC1CCC(N2CCC(NC)C2)C1C. The number of likely N-dealkylation sites (N-methyl/N-ethyl adjacent to an activating group) is 1. The van der Waals surface area contributed by atoms with Crippen LogP contribution in [0.15, 0.2) is 0 Å². The first-order valence-electron chi connectivity index (χ1n) is 6.67. The summed E-state index contributed by atoms with van der Waals surface area (Å²) in [6.07, 6.45) is 5.62. The summed E-state index contributed by atoms with van der Waals surface area (Å²) in [5.41, 5.74) is 0. The van der Waals surface area contributed by atoms with Gasteiger partial charge in [-0.3, -0.25) is 4.90 Å². The van der Waals surface area contributed by atoms with Crippen molar-refractivity contribution in [1.82, 2.24) is 10.2 Å². The fourth-order valence-corrected chi connectivity index (χ4v) is 3.64. The standard InChI is InChI=1S/C13H26N2/c1-4-11-5-6-13(10(11)2)15-8-7-12(9-15)14-3/h10-14H,4-9H2,1-3H3. The summed E-state index contributed by atoms with van der Waals surface area (Å²) in [6.45, 7) is 7.42. The van der Waals surface area contributed by atoms with Gasteiger partial charge in [-0.25, -0.2) is 0 Å². The van der Waals surface area contributed by atoms with Gasteiger partial charge in [0.2, 0.25) is 0 Å². The molecule has 4 atom stereocenters. The molecule has 15 heavy (non-hydrogen) atoms. The highest BCUT2D eigenvalue weighted by Crippen LogP contribution is 2.37. The average Bonchev–Trinajstić information content (AvgIpc) is 2.83. The van der Waals surface area contributed by atoms with Crippen molar-refractivity contribution in [3.63, 3.8) is 0 Å². The Labute approximate surface area is 94.4 Å². The second kappa shape index (κ2) is 4.84. The van der Waals surface area contributed by atoms with Crippen molar-refractivity contribution in [3.05, 3.63) is 0 Å². The lowest BCUT2D eigenvalue weighted by molar-refractivity contribution is 0.184. The van der Waals surface area contributed by atoms with Gasteiger partial charge in [0, 0.05) is 25.2 Å². The number of nitrogens with one attached hydrogen (secondary N) is 1. The molecule has 0 radical (unpaired) electrons. The van der Waals surface area contributed by atoms with Crippen LogP contribution in [0.4, 0.5) is 0 Å². The first-order valence-corrected chi connectivity index (χ1v) is 6.67. The number of nitrogens with zero attached hydrogens (tertiary/aromatic N) is 1. The van der Waals surface area contributed by atoms with Crippen molar-refractivity contribution in [2.45, 2.75) is 51.6 Å². The molecule has 0 spiro atoms. The van der Waals surface area contributed by atoms with Crippen LogP contribution < -0.4 is 5.32 Å². The Morgan fingerprint density at radius 1 is 1.27 bits per heavy atom. The molecular weight excluding hydrogens is 184 g/mol. The molecule has 0 amide bonds. The highest BCUT2D eigenvalue weighted by Gasteiger charge is 2.37. The second-order valence-electron chi connectivity index (χ2n) is 5.44. The van der Waals surface area contributed by atoms with E-state index in [0.29, 0.717) is 0 Å². The predicted octanol–water partition coefficient (Wildman–Crippen LogP) is 2.10. The second-order valence-corrected chi connectivity index (χ2v) is 5.44. The molecule has 2 rings (SSSR count). The third-order valence-electron chi connectivity index (χ3n) is 4.81. The lowest BCUT2D eigenvalue weighted by Crippen LogP contribution is -2.38. The van der Waals surface area contributed by atoms with E-state index in [-0.39, 0.29) is 0 Å². The predicted molar refractivity (Wildman–Crippen MR) is 65.0 cm³/mol. The zero-order valence-corrected chi connectivity index (χ0v) is 10.5. The summed E-state index contributed by atoms with van der Waals surface area (Å²) in [6, 6.07) is 1.63. The first-order chi connectivity index (χ1) is 7.26. The molecule has 1 aliphatic carbocycles. The maximum Gasteiger partial charge on any atom is 0.0204 e. The van der Waals surface area contributed by atoms with Gasteiger partial charge in [0.25, 0.3) is 0 Å². The van der Waals surface area contributed by atoms with Gasteiger partial charge < -0.3 is 5.32 Å². The molecule has 88 valence electrons. The van der Waals surface area contributed by atoms with Crippen molar-refractivity contribution in [1.29, 1.82) is 0 Å². The number of likely N-dealkylation sites (tertiary alicyclic amines) is 1. The minimum Gasteiger partial charge on any atom is -0.316 e. The largest absolute Gasteiger partial charge is 0.316 e. The van der Waals surface area contributed by atoms with Crippen LogP contribution >= 0.6 is 0 Å². The van der Waals surface area contributed by atoms with Crippen molar-refractivity contribution < 1.29 is 0 Å². The van der Waals surface area contributed by atoms with Crippen LogP contribution in [0.1, 0.15) is 39.5 Å². The molecule has 2 heteroatoms. The van der Waals surface area contributed by atoms with Crippen molar-refractivity contribution in [2.75, 3.05) is 20.1 Å². The molecule has 1 N–H and O–H groups in total. The molecule has 0 bridgehead atoms. The highest BCUT2D eigenvalue weighted by molar-refractivity contribution is 4.92. The van der Waals surface area contributed by atoms with Crippen LogP contribution in [0.3, 0.4) is 0 Å². The van der Waals surface area contributed by atoms with E-state index in [9.17, 15) is 0 Å². The van der Waals surface area contributed by atoms with Crippen molar-refractivity contribution >= 4 is 0 Å². The first kappa shape index (κ1) is 11.4. The monoisotopic (exact) mass is 210 g/mol. The average molecular weight is 210 g/mol. The van der Waals surface area contributed by atoms with E-state index in [4.69, 9.17) is 0 Å². The Morgan fingerprint density at radius 2 is 2.07 bits per heavy atom. The fourth-order valence-electron chi connectivity index (χ4n) is 3.64. The van der Waals surface area contributed by atoms with Crippen LogP contribution in [-0.4, -0.2) is 37.1 Å². The van der Waals surface area contributed by atoms with E-state index in [1.54, 1.807) is 0 Å². The van der Waals surface area contributed by atoms with E-state index in [2.05, 4.69) is 31.1 Å². The van der Waals surface area contributed by atoms with Gasteiger partial charge in [0.1, 0.15) is 0 Å². The maximum atomic E-state index is 3.42. The van der Waals surface area contributed by atoms with Gasteiger partial charge >= 0.3 is 0 Å². The number of hydrogen-bond donors (Lipinski definition) is 1. The molecule has 0 aromatic carbocycles. The molecule has 1 saturated heterocycles. The number of rotatable bonds is 3. The quantitative estimate of drug-likeness (QED) is 0.767. The minimum atomic E-state index is 0.748. The highest BCUT2D eigenvalue weighted by atomic mass is 15.2. The molecule has 0 aromatic rings. The van der Waals surface area contributed by atoms with Gasteiger partial charge in [0.05, 0.1) is 0 Å². The minimum absolute atomic E-state index is 0.748. The fraction of sp³-hybridized carbons (Fsp3) is 1.00. The summed E-state index contributed by atoms with van der Waals surface area (Å²) >= 11 is 0. The van der Waals surface area contributed by atoms with Gasteiger partial charge in [-0.15, -0.1) is 0 Å². The van der Waals surface area contributed by atoms with Crippen LogP contribution in [0.2, 0.25) is 0 Å². The summed E-state index contributed by atoms with van der Waals surface area (Å²) < 4.78 is 0. The lowest BCUT2D eigenvalue weighted by Gasteiger charge is -2.29. The third kappa shape index (κ3) is 2.21. The Morgan fingerprint density at radius 3 is 2.60 bits per heavy atom. The molecule has 1 heterocycles. The summed E-state index contributed by atoms with van der Waals surface area (Å²) in [7, 11) is 2.10. The van der Waals surface area contributed by atoms with E-state index >= 15 is 0 Å². The normalized spacial score (nSPS) is 42.6. The zero-order valence-electron chi connectivity index (χ0n) is 10.5. The molecule has 4 unspecified atom stereocenters. The van der Waals surface area contributed by atoms with Crippen LogP contribution in [-0.2, 0) is 0 Å². The summed E-state index contributed by atoms with van der Waals surface area (Å²) in [5.74, 6) is 1.91. The molecule has 1 aliphatic heterocycles. The molecule has 0 aromatic heterocycles. The molecule has 2 aliphatic rings. The van der Waals surface area contributed by atoms with Gasteiger partial charge in [-0.2, -0.15) is 0 Å². The zero-order chi connectivity index (χ0) is 10.8. The Kier molecular flexibility index (Phi) is 3.68. The van der Waals surface area contributed by atoms with E-state index in [1.807, 2.05) is 0 Å². The van der Waals surface area contributed by atoms with Crippen molar-refractivity contribution in [3.8, 4) is 0 Å². The number of hydrogen-bond acceptors (Lipinski definition) is 2. The third-order valence-corrected chi connectivity index (χ3v) is 4.81. The van der Waals surface area contributed by atoms with E-state index in [0.717, 1.165) is 23.9 Å². The van der Waals surface area contributed by atoms with Crippen LogP contribution in [0.25, 0.3) is 0 Å². The van der Waals surface area contributed by atoms with Gasteiger partial charge in [-0.1, -0.05) is 20.3 Å². The Bertz CT molecular complexity index is 205. The topological polar surface area (TPSA) is 15.3 Å². The maximum absolute atomic E-state index is 3.42. The van der Waals surface area contributed by atoms with Crippen LogP contribution in [0, 0.1) is 11.8 Å².